The summed E-state index contributed by atoms with van der Waals surface area (Å²) in [5.41, 5.74) is -0.00350. The molecule has 0 radical (unpaired) electrons. The van der Waals surface area contributed by atoms with E-state index in [-0.39, 0.29) is 5.69 Å². The molecule has 1 aromatic carbocycles. The van der Waals surface area contributed by atoms with E-state index in [4.69, 9.17) is 4.52 Å². The zero-order valence-corrected chi connectivity index (χ0v) is 14.0. The van der Waals surface area contributed by atoms with E-state index in [2.05, 4.69) is 6.58 Å². The standard InChI is InChI=1S/C16H24NO4P/c1-3-5-6-7-8-9-14-22(20,21-4-2)16-12-10-15(11-13-16)17(18)19/h3,10-13H,1,4-9,14H2,2H3. The number of non-ortho nitro benzene ring substituents is 1. The second-order valence-electron chi connectivity index (χ2n) is 5.08. The third kappa shape index (κ3) is 5.74. The average molecular weight is 325 g/mol. The van der Waals surface area contributed by atoms with E-state index in [0.717, 1.165) is 32.1 Å². The van der Waals surface area contributed by atoms with E-state index in [1.165, 1.54) is 12.1 Å². The number of nitro benzene ring substituents is 1. The number of unbranched alkanes of at least 4 members (excludes halogenated alkanes) is 4. The second-order valence-corrected chi connectivity index (χ2v) is 7.65. The van der Waals surface area contributed by atoms with Crippen LogP contribution in [-0.4, -0.2) is 17.7 Å². The fraction of sp³-hybridized carbons (Fsp3) is 0.500. The Bertz CT molecular complexity index is 527. The van der Waals surface area contributed by atoms with Gasteiger partial charge in [0.25, 0.3) is 5.69 Å². The molecule has 1 unspecified atom stereocenters. The fourth-order valence-electron chi connectivity index (χ4n) is 2.24. The zero-order valence-electron chi connectivity index (χ0n) is 13.1. The molecule has 0 aromatic heterocycles. The van der Waals surface area contributed by atoms with Gasteiger partial charge in [-0.05, 0) is 38.3 Å². The zero-order chi connectivity index (χ0) is 16.4. The van der Waals surface area contributed by atoms with Crippen LogP contribution in [0.25, 0.3) is 0 Å². The van der Waals surface area contributed by atoms with Gasteiger partial charge in [0.2, 0.25) is 7.37 Å². The summed E-state index contributed by atoms with van der Waals surface area (Å²) >= 11 is 0. The van der Waals surface area contributed by atoms with Crippen molar-refractivity contribution in [2.45, 2.75) is 39.0 Å². The van der Waals surface area contributed by atoms with Crippen molar-refractivity contribution >= 4 is 18.4 Å². The first-order chi connectivity index (χ1) is 10.5. The normalized spacial score (nSPS) is 13.5. The number of nitrogens with zero attached hydrogens (tertiary/aromatic N) is 1. The molecule has 6 heteroatoms. The van der Waals surface area contributed by atoms with Crippen LogP contribution in [0, 0.1) is 10.1 Å². The average Bonchev–Trinajstić information content (AvgIpc) is 2.51. The van der Waals surface area contributed by atoms with Gasteiger partial charge >= 0.3 is 0 Å². The van der Waals surface area contributed by atoms with Crippen molar-refractivity contribution in [3.8, 4) is 0 Å². The van der Waals surface area contributed by atoms with Crippen molar-refractivity contribution in [3.63, 3.8) is 0 Å². The Labute approximate surface area is 132 Å². The Balaban J connectivity index is 2.67. The molecule has 0 aliphatic heterocycles. The molecule has 1 rings (SSSR count). The molecule has 0 saturated carbocycles. The molecule has 1 aromatic rings. The molecule has 1 atom stereocenters. The van der Waals surface area contributed by atoms with Gasteiger partial charge in [0, 0.05) is 23.6 Å². The van der Waals surface area contributed by atoms with Crippen molar-refractivity contribution in [1.29, 1.82) is 0 Å². The molecule has 22 heavy (non-hydrogen) atoms. The van der Waals surface area contributed by atoms with Gasteiger partial charge in [-0.1, -0.05) is 18.9 Å². The topological polar surface area (TPSA) is 69.4 Å². The Hall–Kier alpha value is -1.45. The first-order valence-corrected chi connectivity index (χ1v) is 9.44. The lowest BCUT2D eigenvalue weighted by Crippen LogP contribution is -2.11. The molecule has 5 nitrogen and oxygen atoms in total. The van der Waals surface area contributed by atoms with E-state index < -0.39 is 12.3 Å². The van der Waals surface area contributed by atoms with Gasteiger partial charge < -0.3 is 4.52 Å². The van der Waals surface area contributed by atoms with Crippen LogP contribution in [0.4, 0.5) is 5.69 Å². The predicted molar refractivity (Wildman–Crippen MR) is 90.1 cm³/mol. The quantitative estimate of drug-likeness (QED) is 0.195. The van der Waals surface area contributed by atoms with Crippen LogP contribution in [0.1, 0.15) is 39.0 Å². The van der Waals surface area contributed by atoms with Crippen molar-refractivity contribution in [3.05, 3.63) is 47.0 Å². The van der Waals surface area contributed by atoms with Crippen molar-refractivity contribution in [1.82, 2.24) is 0 Å². The van der Waals surface area contributed by atoms with Crippen LogP contribution in [0.15, 0.2) is 36.9 Å². The molecular weight excluding hydrogens is 301 g/mol. The molecule has 0 N–H and O–H groups in total. The lowest BCUT2D eigenvalue weighted by molar-refractivity contribution is -0.384. The van der Waals surface area contributed by atoms with Crippen LogP contribution >= 0.6 is 7.37 Å². The van der Waals surface area contributed by atoms with E-state index in [1.807, 2.05) is 13.0 Å². The summed E-state index contributed by atoms with van der Waals surface area (Å²) < 4.78 is 18.5. The first-order valence-electron chi connectivity index (χ1n) is 7.63. The lowest BCUT2D eigenvalue weighted by atomic mass is 10.2. The Morgan fingerprint density at radius 1 is 1.23 bits per heavy atom. The van der Waals surface area contributed by atoms with E-state index in [1.54, 1.807) is 12.1 Å². The summed E-state index contributed by atoms with van der Waals surface area (Å²) in [6, 6.07) is 5.86. The summed E-state index contributed by atoms with van der Waals surface area (Å²) in [7, 11) is -2.92. The summed E-state index contributed by atoms with van der Waals surface area (Å²) in [4.78, 5) is 10.2. The minimum Gasteiger partial charge on any atom is -0.326 e. The highest BCUT2D eigenvalue weighted by molar-refractivity contribution is 7.67. The molecular formula is C16H24NO4P. The number of hydrogen-bond acceptors (Lipinski definition) is 4. The van der Waals surface area contributed by atoms with Gasteiger partial charge in [0.1, 0.15) is 0 Å². The van der Waals surface area contributed by atoms with Crippen molar-refractivity contribution in [2.75, 3.05) is 12.8 Å². The fourth-order valence-corrected chi connectivity index (χ4v) is 4.44. The summed E-state index contributed by atoms with van der Waals surface area (Å²) in [6.45, 7) is 5.86. The lowest BCUT2D eigenvalue weighted by Gasteiger charge is -2.18. The van der Waals surface area contributed by atoms with Gasteiger partial charge in [-0.3, -0.25) is 14.7 Å². The van der Waals surface area contributed by atoms with E-state index >= 15 is 0 Å². The van der Waals surface area contributed by atoms with E-state index in [0.29, 0.717) is 18.1 Å². The van der Waals surface area contributed by atoms with Gasteiger partial charge in [0.05, 0.1) is 11.5 Å². The second kappa shape index (κ2) is 9.54. The number of rotatable bonds is 11. The molecule has 0 spiro atoms. The SMILES string of the molecule is C=CCCCCCCP(=O)(OCC)c1ccc([N+](=O)[O-])cc1. The summed E-state index contributed by atoms with van der Waals surface area (Å²) in [5, 5.41) is 11.2. The summed E-state index contributed by atoms with van der Waals surface area (Å²) in [6.07, 6.45) is 7.39. The monoisotopic (exact) mass is 325 g/mol. The molecule has 0 aliphatic carbocycles. The molecule has 122 valence electrons. The van der Waals surface area contributed by atoms with Gasteiger partial charge in [-0.15, -0.1) is 6.58 Å². The molecule has 0 amide bonds. The van der Waals surface area contributed by atoms with Crippen LogP contribution in [0.5, 0.6) is 0 Å². The van der Waals surface area contributed by atoms with Crippen LogP contribution in [0.2, 0.25) is 0 Å². The van der Waals surface area contributed by atoms with Crippen LogP contribution < -0.4 is 5.30 Å². The number of nitro groups is 1. The van der Waals surface area contributed by atoms with Gasteiger partial charge in [-0.25, -0.2) is 0 Å². The van der Waals surface area contributed by atoms with E-state index in [9.17, 15) is 14.7 Å². The Morgan fingerprint density at radius 3 is 2.41 bits per heavy atom. The Morgan fingerprint density at radius 2 is 1.86 bits per heavy atom. The number of hydrogen-bond donors (Lipinski definition) is 0. The predicted octanol–water partition coefficient (Wildman–Crippen LogP) is 4.67. The molecule has 0 saturated heterocycles. The van der Waals surface area contributed by atoms with Crippen molar-refractivity contribution < 1.29 is 14.0 Å². The maximum absolute atomic E-state index is 13.0. The minimum absolute atomic E-state index is 0.00350. The molecule has 0 aliphatic rings. The Kier molecular flexibility index (Phi) is 8.07. The maximum atomic E-state index is 13.0. The highest BCUT2D eigenvalue weighted by atomic mass is 31.2. The van der Waals surface area contributed by atoms with Gasteiger partial charge in [-0.2, -0.15) is 0 Å². The first kappa shape index (κ1) is 18.6. The summed E-state index contributed by atoms with van der Waals surface area (Å²) in [5.74, 6) is 0. The minimum atomic E-state index is -2.92. The third-order valence-electron chi connectivity index (χ3n) is 3.40. The van der Waals surface area contributed by atoms with Crippen LogP contribution in [0.3, 0.4) is 0 Å². The largest absolute Gasteiger partial charge is 0.326 e. The maximum Gasteiger partial charge on any atom is 0.269 e. The molecule has 0 heterocycles. The molecule has 0 fully saturated rings. The third-order valence-corrected chi connectivity index (χ3v) is 6.07. The molecule has 0 bridgehead atoms. The number of allylic oxidation sites excluding steroid dienone is 1. The van der Waals surface area contributed by atoms with Gasteiger partial charge in [0.15, 0.2) is 0 Å². The highest BCUT2D eigenvalue weighted by Crippen LogP contribution is 2.46. The number of benzene rings is 1. The van der Waals surface area contributed by atoms with Crippen LogP contribution in [-0.2, 0) is 9.09 Å². The van der Waals surface area contributed by atoms with Crippen molar-refractivity contribution in [2.24, 2.45) is 0 Å². The highest BCUT2D eigenvalue weighted by Gasteiger charge is 2.25. The smallest absolute Gasteiger partial charge is 0.269 e.